The van der Waals surface area contributed by atoms with Crippen LogP contribution >= 0.6 is 11.3 Å². The predicted octanol–water partition coefficient (Wildman–Crippen LogP) is 25.9. The van der Waals surface area contributed by atoms with E-state index in [2.05, 4.69) is 338 Å². The molecule has 2 nitrogen and oxygen atoms in total. The van der Waals surface area contributed by atoms with E-state index in [0.29, 0.717) is 11.8 Å². The molecular formula is C93H86N2S. The van der Waals surface area contributed by atoms with Gasteiger partial charge in [-0.25, -0.2) is 0 Å². The maximum absolute atomic E-state index is 3.60. The maximum Gasteiger partial charge on any atom is 0.0718 e. The van der Waals surface area contributed by atoms with Crippen molar-refractivity contribution < 1.29 is 0 Å². The van der Waals surface area contributed by atoms with E-state index in [1.807, 2.05) is 11.3 Å². The van der Waals surface area contributed by atoms with Crippen LogP contribution in [0.2, 0.25) is 0 Å². The lowest BCUT2D eigenvalue weighted by molar-refractivity contribution is 0.462. The molecule has 1 saturated carbocycles. The lowest BCUT2D eigenvalue weighted by Gasteiger charge is -2.40. The molecule has 6 aliphatic carbocycles. The molecule has 0 spiro atoms. The summed E-state index contributed by atoms with van der Waals surface area (Å²) in [6.45, 7) is 21.1. The van der Waals surface area contributed by atoms with Crippen molar-refractivity contribution in [2.75, 3.05) is 9.80 Å². The number of hydrogen-bond donors (Lipinski definition) is 0. The Morgan fingerprint density at radius 2 is 1.43 bits per heavy atom. The summed E-state index contributed by atoms with van der Waals surface area (Å²) >= 11 is 1.98. The zero-order valence-corrected chi connectivity index (χ0v) is 58.0. The van der Waals surface area contributed by atoms with E-state index < -0.39 is 5.41 Å². The van der Waals surface area contributed by atoms with Crippen LogP contribution in [-0.4, -0.2) is 0 Å². The van der Waals surface area contributed by atoms with Crippen LogP contribution in [-0.2, 0) is 16.2 Å². The molecule has 9 aromatic carbocycles. The van der Waals surface area contributed by atoms with Crippen molar-refractivity contribution in [2.45, 2.75) is 124 Å². The quantitative estimate of drug-likeness (QED) is 0.0645. The number of anilines is 5. The minimum atomic E-state index is -0.656. The normalized spacial score (nSPS) is 21.3. The van der Waals surface area contributed by atoms with Gasteiger partial charge in [-0.2, -0.15) is 0 Å². The molecule has 0 aliphatic heterocycles. The molecule has 1 aromatic heterocycles. The number of thiophene rings is 1. The smallest absolute Gasteiger partial charge is 0.0718 e. The predicted molar refractivity (Wildman–Crippen MR) is 412 cm³/mol. The van der Waals surface area contributed by atoms with Crippen molar-refractivity contribution >= 4 is 81.9 Å². The average Bonchev–Trinajstić information content (AvgIpc) is 1.50. The first kappa shape index (κ1) is 61.4. The van der Waals surface area contributed by atoms with Gasteiger partial charge in [-0.3, -0.25) is 0 Å². The first-order valence-corrected chi connectivity index (χ1v) is 36.0. The molecule has 0 radical (unpaired) electrons. The van der Waals surface area contributed by atoms with Gasteiger partial charge in [0.15, 0.2) is 0 Å². The van der Waals surface area contributed by atoms with Crippen molar-refractivity contribution in [3.05, 3.63) is 328 Å². The molecule has 0 saturated heterocycles. The average molecular weight is 1260 g/mol. The van der Waals surface area contributed by atoms with E-state index in [4.69, 9.17) is 0 Å². The van der Waals surface area contributed by atoms with Gasteiger partial charge in [0, 0.05) is 60.5 Å². The highest BCUT2D eigenvalue weighted by Crippen LogP contribution is 2.67. The van der Waals surface area contributed by atoms with Crippen LogP contribution in [0.5, 0.6) is 0 Å². The van der Waals surface area contributed by atoms with Crippen molar-refractivity contribution in [1.29, 1.82) is 0 Å². The van der Waals surface area contributed by atoms with Crippen molar-refractivity contribution in [2.24, 2.45) is 23.2 Å². The molecule has 1 heterocycles. The highest BCUT2D eigenvalue weighted by atomic mass is 32.1. The van der Waals surface area contributed by atoms with Crippen molar-refractivity contribution in [3.63, 3.8) is 0 Å². The fourth-order valence-electron chi connectivity index (χ4n) is 17.1. The van der Waals surface area contributed by atoms with Crippen molar-refractivity contribution in [1.82, 2.24) is 0 Å². The molecule has 3 heteroatoms. The summed E-state index contributed by atoms with van der Waals surface area (Å²) in [5, 5.41) is 5.05. The number of rotatable bonds is 13. The van der Waals surface area contributed by atoms with Gasteiger partial charge in [0.2, 0.25) is 0 Å². The van der Waals surface area contributed by atoms with Crippen LogP contribution in [0, 0.1) is 30.1 Å². The number of aryl methyl sites for hydroxylation is 1. The van der Waals surface area contributed by atoms with Gasteiger partial charge in [-0.1, -0.05) is 258 Å². The molecule has 0 amide bonds. The minimum Gasteiger partial charge on any atom is -0.310 e. The fourth-order valence-corrected chi connectivity index (χ4v) is 18.4. The van der Waals surface area contributed by atoms with Crippen LogP contribution in [0.3, 0.4) is 0 Å². The largest absolute Gasteiger partial charge is 0.310 e. The highest BCUT2D eigenvalue weighted by Gasteiger charge is 2.58. The molecular weight excluding hydrogens is 1180 g/mol. The molecule has 474 valence electrons. The van der Waals surface area contributed by atoms with Gasteiger partial charge >= 0.3 is 0 Å². The summed E-state index contributed by atoms with van der Waals surface area (Å²) < 4.78 is 2.53. The second kappa shape index (κ2) is 24.0. The maximum atomic E-state index is 3.60. The zero-order valence-electron chi connectivity index (χ0n) is 57.2. The molecule has 1 fully saturated rings. The van der Waals surface area contributed by atoms with Gasteiger partial charge in [-0.15, -0.1) is 11.3 Å². The summed E-state index contributed by atoms with van der Waals surface area (Å²) in [7, 11) is 0. The Bertz CT molecular complexity index is 5140. The topological polar surface area (TPSA) is 6.48 Å². The summed E-state index contributed by atoms with van der Waals surface area (Å²) in [5.41, 5.74) is 31.9. The van der Waals surface area contributed by atoms with E-state index >= 15 is 0 Å². The van der Waals surface area contributed by atoms with Gasteiger partial charge in [-0.05, 0) is 216 Å². The second-order valence-corrected chi connectivity index (χ2v) is 31.0. The number of nitrogens with zero attached hydrogens (tertiary/aromatic N) is 2. The number of benzene rings is 9. The summed E-state index contributed by atoms with van der Waals surface area (Å²) in [6.07, 6.45) is 33.8. The second-order valence-electron chi connectivity index (χ2n) is 29.9. The van der Waals surface area contributed by atoms with Crippen molar-refractivity contribution in [3.8, 4) is 11.1 Å². The lowest BCUT2D eigenvalue weighted by atomic mass is 9.62. The van der Waals surface area contributed by atoms with Crippen LogP contribution in [0.4, 0.5) is 28.4 Å². The Kier molecular flexibility index (Phi) is 15.4. The van der Waals surface area contributed by atoms with Gasteiger partial charge in [0.05, 0.1) is 21.5 Å². The third-order valence-electron chi connectivity index (χ3n) is 22.4. The molecule has 16 rings (SSSR count). The molecule has 0 N–H and O–H groups in total. The molecule has 0 bridgehead atoms. The highest BCUT2D eigenvalue weighted by molar-refractivity contribution is 7.26. The Labute approximate surface area is 573 Å². The Hall–Kier alpha value is -9.46. The Morgan fingerprint density at radius 3 is 2.20 bits per heavy atom. The van der Waals surface area contributed by atoms with Crippen LogP contribution < -0.4 is 9.80 Å². The summed E-state index contributed by atoms with van der Waals surface area (Å²) in [4.78, 5) is 5.35. The summed E-state index contributed by atoms with van der Waals surface area (Å²) in [5.74, 6) is 1.04. The first-order valence-electron chi connectivity index (χ1n) is 35.2. The van der Waals surface area contributed by atoms with Gasteiger partial charge in [0.25, 0.3) is 0 Å². The third-order valence-corrected chi connectivity index (χ3v) is 23.6. The summed E-state index contributed by atoms with van der Waals surface area (Å²) in [6, 6.07) is 73.0. The molecule has 5 atom stereocenters. The number of allylic oxidation sites excluding steroid dienone is 15. The van der Waals surface area contributed by atoms with E-state index in [0.717, 1.165) is 49.9 Å². The fraction of sp³-hybridized carbons (Fsp3) is 0.247. The third kappa shape index (κ3) is 10.1. The molecule has 5 unspecified atom stereocenters. The van der Waals surface area contributed by atoms with E-state index in [1.54, 1.807) is 5.57 Å². The zero-order chi connectivity index (χ0) is 65.7. The SMILES string of the molecule is C/C=C(\C=C(/C)C(C)(C)C)N(c1cc(C23CC2C=CC=C3C2CC=CCC2)ccc1C)c1c2ccccc2cc2c1sc1cc(N(c3cccc(C4=C(c5ccccc5)C=CCC4)c3)c3cccc(C(C)(C)C)c3)c3c(c12)C(c1ccccc1)(C1C=C=C=CC1)c1ccccc1-3. The number of hydrogen-bond acceptors (Lipinski definition) is 3. The number of fused-ring (bicyclic) bond motifs is 9. The van der Waals surface area contributed by atoms with Crippen LogP contribution in [0.1, 0.15) is 145 Å². The van der Waals surface area contributed by atoms with Gasteiger partial charge < -0.3 is 9.80 Å². The molecule has 96 heavy (non-hydrogen) atoms. The van der Waals surface area contributed by atoms with Gasteiger partial charge in [0.1, 0.15) is 0 Å². The van der Waals surface area contributed by atoms with E-state index in [-0.39, 0.29) is 22.2 Å². The molecule has 10 aromatic rings. The Balaban J connectivity index is 1.05. The van der Waals surface area contributed by atoms with E-state index in [1.165, 1.54) is 132 Å². The van der Waals surface area contributed by atoms with E-state index in [9.17, 15) is 0 Å². The molecule has 6 aliphatic rings. The standard InChI is InChI=1S/C93H86N2S/c1-10-72(54-62(3)90(4,5)6)95(82-58-70(53-52-61(82)2)92-60-71(92)43-31-51-80(92)64-34-17-12-18-35-64)88-77-48-24-23-36-66(77)56-79-86-84(96-89(79)88)59-83(85-78-49-27-28-50-81(78)93(87(85)86,67-38-19-13-20-39-67)68-40-21-14-22-41-68)94(74-45-30-42-69(57-74)91(7,8)9)73-44-29-37-65(55-73)76-47-26-25-46-75(76)63-32-15-11-16-33-63/h10-13,15-17,19-21,23-25,27-33,36-39,41-46,48-59,64,68,71H,18,26,34-35,40,47,60H2,1-9H3/b62-54+,72-10+. The monoisotopic (exact) mass is 1260 g/mol. The first-order chi connectivity index (χ1) is 46.7. The minimum absolute atomic E-state index is 0.00595. The Morgan fingerprint density at radius 1 is 0.667 bits per heavy atom. The van der Waals surface area contributed by atoms with Crippen LogP contribution in [0.15, 0.2) is 283 Å². The lowest BCUT2D eigenvalue weighted by Crippen LogP contribution is -2.35. The van der Waals surface area contributed by atoms with Crippen LogP contribution in [0.25, 0.3) is 53.2 Å².